The van der Waals surface area contributed by atoms with E-state index in [9.17, 15) is 30.6 Å². The van der Waals surface area contributed by atoms with Crippen molar-refractivity contribution in [3.05, 3.63) is 0 Å². The van der Waals surface area contributed by atoms with Gasteiger partial charge in [-0.2, -0.15) is 0 Å². The molecule has 0 aliphatic carbocycles. The Bertz CT molecular complexity index is 754. The molecule has 2 rings (SSSR count). The maximum atomic E-state index is 10.8. The van der Waals surface area contributed by atoms with Crippen molar-refractivity contribution in [1.82, 2.24) is 0 Å². The third kappa shape index (κ3) is 7.02. The predicted molar refractivity (Wildman–Crippen MR) is 141 cm³/mol. The fourth-order valence-corrected chi connectivity index (χ4v) is 5.65. The Hall–Kier alpha value is -0.00623. The summed E-state index contributed by atoms with van der Waals surface area (Å²) in [5.41, 5.74) is 0. The van der Waals surface area contributed by atoms with E-state index >= 15 is 0 Å². The van der Waals surface area contributed by atoms with E-state index in [-0.39, 0.29) is 23.3 Å². The number of aliphatic hydroxyl groups excluding tert-OH is 6. The van der Waals surface area contributed by atoms with Gasteiger partial charge in [-0.1, -0.05) is 41.5 Å². The summed E-state index contributed by atoms with van der Waals surface area (Å²) in [5.74, 6) is -2.15. The highest BCUT2D eigenvalue weighted by Crippen LogP contribution is 2.40. The molecule has 2 aliphatic rings. The number of rotatable bonds is 9. The molecular formula is C24H50O11Si2. The zero-order chi connectivity index (χ0) is 28.8. The van der Waals surface area contributed by atoms with Crippen molar-refractivity contribution in [1.29, 1.82) is 0 Å². The minimum Gasteiger partial charge on any atom is -0.414 e. The van der Waals surface area contributed by atoms with Crippen LogP contribution in [0.4, 0.5) is 0 Å². The van der Waals surface area contributed by atoms with Crippen LogP contribution in [-0.4, -0.2) is 122 Å². The molecule has 6 N–H and O–H groups in total. The molecule has 0 amide bonds. The minimum atomic E-state index is -2.23. The highest BCUT2D eigenvalue weighted by atomic mass is 28.4. The minimum absolute atomic E-state index is 0.0434. The average molecular weight is 571 g/mol. The van der Waals surface area contributed by atoms with Gasteiger partial charge in [0, 0.05) is 0 Å². The Morgan fingerprint density at radius 2 is 1.16 bits per heavy atom. The molecule has 220 valence electrons. The first-order chi connectivity index (χ1) is 16.6. The maximum absolute atomic E-state index is 10.8. The normalized spacial score (nSPS) is 38.3. The lowest BCUT2D eigenvalue weighted by molar-refractivity contribution is -0.383. The lowest BCUT2D eigenvalue weighted by Gasteiger charge is -2.45. The number of ether oxygens (including phenoxy) is 3. The summed E-state index contributed by atoms with van der Waals surface area (Å²) in [4.78, 5) is 0. The van der Waals surface area contributed by atoms with Crippen LogP contribution in [0.3, 0.4) is 0 Å². The van der Waals surface area contributed by atoms with Crippen molar-refractivity contribution in [2.24, 2.45) is 0 Å². The van der Waals surface area contributed by atoms with Gasteiger partial charge in [-0.15, -0.1) is 0 Å². The summed E-state index contributed by atoms with van der Waals surface area (Å²) in [7, 11) is -4.44. The van der Waals surface area contributed by atoms with Gasteiger partial charge in [-0.05, 0) is 36.3 Å². The van der Waals surface area contributed by atoms with E-state index in [1.165, 1.54) is 0 Å². The van der Waals surface area contributed by atoms with Crippen LogP contribution in [0.25, 0.3) is 0 Å². The van der Waals surface area contributed by atoms with Gasteiger partial charge in [0.15, 0.2) is 22.9 Å². The Kier molecular flexibility index (Phi) is 10.3. The average Bonchev–Trinajstić information content (AvgIpc) is 3.00. The first kappa shape index (κ1) is 33.2. The first-order valence-electron chi connectivity index (χ1n) is 12.9. The Labute approximate surface area is 222 Å². The van der Waals surface area contributed by atoms with E-state index in [1.807, 2.05) is 26.2 Å². The molecule has 0 aromatic heterocycles. The Morgan fingerprint density at radius 3 is 1.59 bits per heavy atom. The molecule has 0 saturated carbocycles. The second kappa shape index (κ2) is 11.5. The summed E-state index contributed by atoms with van der Waals surface area (Å²) in [5, 5.41) is 63.0. The Balaban J connectivity index is 2.17. The van der Waals surface area contributed by atoms with Crippen LogP contribution in [0.1, 0.15) is 41.5 Å². The lowest BCUT2D eigenvalue weighted by Crippen LogP contribution is -2.63. The zero-order valence-corrected chi connectivity index (χ0v) is 26.0. The molecule has 11 nitrogen and oxygen atoms in total. The van der Waals surface area contributed by atoms with Gasteiger partial charge in [-0.3, -0.25) is 0 Å². The molecule has 13 heteroatoms. The standard InChI is InChI=1S/C24H50O11Si2/c1-22(2,3)36(7,8)31-11-14-16(26)18(28)19(29)21(33-14)35-24(13-25)20(30)17(27)15(34-24)12-32-37(9,10)23(4,5)6/h14-21,25-30H,11-13H2,1-10H3/t14-,15-,16-,17-,18+,19-,20+,21-,24+/m1/s1. The largest absolute Gasteiger partial charge is 0.414 e. The van der Waals surface area contributed by atoms with Crippen molar-refractivity contribution < 1.29 is 53.7 Å². The number of hydrogen-bond donors (Lipinski definition) is 6. The van der Waals surface area contributed by atoms with Crippen molar-refractivity contribution in [2.45, 2.75) is 133 Å². The van der Waals surface area contributed by atoms with Gasteiger partial charge in [0.2, 0.25) is 5.79 Å². The smallest absolute Gasteiger partial charge is 0.224 e. The summed E-state index contributed by atoms with van der Waals surface area (Å²) in [6, 6.07) is 0. The molecule has 2 heterocycles. The van der Waals surface area contributed by atoms with Gasteiger partial charge in [0.1, 0.15) is 49.3 Å². The summed E-state index contributed by atoms with van der Waals surface area (Å²) in [6.45, 7) is 19.5. The van der Waals surface area contributed by atoms with Crippen molar-refractivity contribution in [3.63, 3.8) is 0 Å². The molecule has 0 unspecified atom stereocenters. The fraction of sp³-hybridized carbons (Fsp3) is 1.00. The molecular weight excluding hydrogens is 520 g/mol. The summed E-state index contributed by atoms with van der Waals surface area (Å²) < 4.78 is 29.6. The molecule has 0 spiro atoms. The van der Waals surface area contributed by atoms with Crippen LogP contribution < -0.4 is 0 Å². The summed E-state index contributed by atoms with van der Waals surface area (Å²) >= 11 is 0. The number of aliphatic hydroxyl groups is 6. The molecule has 0 aromatic rings. The quantitative estimate of drug-likeness (QED) is 0.216. The third-order valence-corrected chi connectivity index (χ3v) is 17.5. The van der Waals surface area contributed by atoms with E-state index in [0.29, 0.717) is 0 Å². The van der Waals surface area contributed by atoms with E-state index in [2.05, 4.69) is 41.5 Å². The zero-order valence-electron chi connectivity index (χ0n) is 24.0. The topological polar surface area (TPSA) is 168 Å². The second-order valence-electron chi connectivity index (χ2n) is 13.3. The monoisotopic (exact) mass is 570 g/mol. The van der Waals surface area contributed by atoms with Gasteiger partial charge < -0.3 is 53.7 Å². The molecule has 2 aliphatic heterocycles. The first-order valence-corrected chi connectivity index (χ1v) is 18.7. The molecule has 0 radical (unpaired) electrons. The molecule has 2 fully saturated rings. The van der Waals surface area contributed by atoms with Crippen molar-refractivity contribution in [2.75, 3.05) is 19.8 Å². The molecule has 0 aromatic carbocycles. The van der Waals surface area contributed by atoms with Crippen LogP contribution in [0.2, 0.25) is 36.3 Å². The van der Waals surface area contributed by atoms with Crippen LogP contribution in [0.15, 0.2) is 0 Å². The van der Waals surface area contributed by atoms with Gasteiger partial charge in [0.05, 0.1) is 13.2 Å². The molecule has 2 saturated heterocycles. The van der Waals surface area contributed by atoms with E-state index in [1.54, 1.807) is 0 Å². The highest BCUT2D eigenvalue weighted by Gasteiger charge is 2.59. The van der Waals surface area contributed by atoms with E-state index in [4.69, 9.17) is 23.1 Å². The van der Waals surface area contributed by atoms with Crippen LogP contribution in [0.5, 0.6) is 0 Å². The van der Waals surface area contributed by atoms with Crippen LogP contribution in [-0.2, 0) is 23.1 Å². The maximum Gasteiger partial charge on any atom is 0.224 e. The summed E-state index contributed by atoms with van der Waals surface area (Å²) in [6.07, 6.45) is -11.7. The lowest BCUT2D eigenvalue weighted by atomic mass is 9.99. The van der Waals surface area contributed by atoms with Crippen molar-refractivity contribution >= 4 is 16.6 Å². The van der Waals surface area contributed by atoms with Crippen LogP contribution in [0, 0.1) is 0 Å². The van der Waals surface area contributed by atoms with Crippen LogP contribution >= 0.6 is 0 Å². The predicted octanol–water partition coefficient (Wildman–Crippen LogP) is 0.663. The third-order valence-electron chi connectivity index (χ3n) is 8.54. The van der Waals surface area contributed by atoms with Gasteiger partial charge >= 0.3 is 0 Å². The highest BCUT2D eigenvalue weighted by molar-refractivity contribution is 6.74. The van der Waals surface area contributed by atoms with E-state index < -0.39 is 78.0 Å². The SMILES string of the molecule is CC(C)(C)[Si](C)(C)OC[C@H]1O[C@@](CO)(O[C@H]2O[C@H](CO[Si](C)(C)C(C)(C)C)[C@@H](O)[C@H](O)[C@H]2O)[C@@H](O)[C@@H]1O. The van der Waals surface area contributed by atoms with Gasteiger partial charge in [0.25, 0.3) is 0 Å². The Morgan fingerprint density at radius 1 is 0.703 bits per heavy atom. The number of hydrogen-bond acceptors (Lipinski definition) is 11. The van der Waals surface area contributed by atoms with Gasteiger partial charge in [-0.25, -0.2) is 0 Å². The van der Waals surface area contributed by atoms with E-state index in [0.717, 1.165) is 0 Å². The molecule has 37 heavy (non-hydrogen) atoms. The van der Waals surface area contributed by atoms with Crippen molar-refractivity contribution in [3.8, 4) is 0 Å². The fourth-order valence-electron chi connectivity index (χ4n) is 3.62. The molecule has 9 atom stereocenters. The molecule has 0 bridgehead atoms. The second-order valence-corrected chi connectivity index (χ2v) is 23.0.